The number of halogens is 3. The monoisotopic (exact) mass is 367 g/mol. The molecule has 0 spiro atoms. The highest BCUT2D eigenvalue weighted by molar-refractivity contribution is 6.41. The van der Waals surface area contributed by atoms with Gasteiger partial charge in [0.1, 0.15) is 11.9 Å². The maximum Gasteiger partial charge on any atom is 0.126 e. The smallest absolute Gasteiger partial charge is 0.126 e. The lowest BCUT2D eigenvalue weighted by atomic mass is 9.88. The second-order valence-electron chi connectivity index (χ2n) is 6.21. The molecule has 0 saturated carbocycles. The Morgan fingerprint density at radius 1 is 1.09 bits per heavy atom. The van der Waals surface area contributed by atoms with Crippen molar-refractivity contribution in [2.45, 2.75) is 25.4 Å². The summed E-state index contributed by atoms with van der Waals surface area (Å²) in [5.74, 6) is 1.41. The quantitative estimate of drug-likeness (QED) is 0.721. The molecular formula is C18H16Cl3NO. The van der Waals surface area contributed by atoms with E-state index in [9.17, 15) is 0 Å². The van der Waals surface area contributed by atoms with Crippen LogP contribution in [0, 0.1) is 6.92 Å². The third kappa shape index (κ3) is 2.62. The second kappa shape index (κ2) is 5.86. The Balaban J connectivity index is 1.86. The van der Waals surface area contributed by atoms with E-state index in [-0.39, 0.29) is 6.10 Å². The zero-order chi connectivity index (χ0) is 16.1. The molecule has 2 heterocycles. The summed E-state index contributed by atoms with van der Waals surface area (Å²) in [5.41, 5.74) is 4.21. The Labute approximate surface area is 150 Å². The van der Waals surface area contributed by atoms with E-state index < -0.39 is 0 Å². The van der Waals surface area contributed by atoms with Crippen LogP contribution < -0.4 is 10.1 Å². The molecule has 0 bridgehead atoms. The van der Waals surface area contributed by atoms with Crippen LogP contribution in [0.15, 0.2) is 24.3 Å². The van der Waals surface area contributed by atoms with Crippen LogP contribution in [0.4, 0.5) is 0 Å². The summed E-state index contributed by atoms with van der Waals surface area (Å²) in [5, 5.41) is 5.14. The molecule has 0 amide bonds. The Morgan fingerprint density at radius 3 is 2.57 bits per heavy atom. The van der Waals surface area contributed by atoms with Crippen LogP contribution in [-0.4, -0.2) is 19.2 Å². The lowest BCUT2D eigenvalue weighted by Gasteiger charge is -2.25. The highest BCUT2D eigenvalue weighted by Gasteiger charge is 2.37. The minimum atomic E-state index is 0.274. The number of fused-ring (bicyclic) bond motifs is 3. The van der Waals surface area contributed by atoms with E-state index in [0.29, 0.717) is 21.0 Å². The molecular weight excluding hydrogens is 353 g/mol. The van der Waals surface area contributed by atoms with Crippen molar-refractivity contribution in [1.82, 2.24) is 5.32 Å². The van der Waals surface area contributed by atoms with E-state index in [1.807, 2.05) is 0 Å². The molecule has 1 saturated heterocycles. The average Bonchev–Trinajstić information content (AvgIpc) is 2.86. The third-order valence-corrected chi connectivity index (χ3v) is 5.50. The molecule has 0 unspecified atom stereocenters. The number of rotatable bonds is 1. The molecule has 1 N–H and O–H groups in total. The molecule has 0 aromatic heterocycles. The number of nitrogens with one attached hydrogen (secondary N) is 1. The molecule has 2 aliphatic heterocycles. The molecule has 2 atom stereocenters. The molecule has 5 heteroatoms. The number of aryl methyl sites for hydroxylation is 1. The van der Waals surface area contributed by atoms with Crippen molar-refractivity contribution < 1.29 is 4.74 Å². The van der Waals surface area contributed by atoms with Gasteiger partial charge < -0.3 is 10.1 Å². The number of benzene rings is 2. The van der Waals surface area contributed by atoms with Crippen molar-refractivity contribution in [3.8, 4) is 16.9 Å². The highest BCUT2D eigenvalue weighted by Crippen LogP contribution is 2.46. The van der Waals surface area contributed by atoms with Crippen molar-refractivity contribution in [1.29, 1.82) is 0 Å². The Kier molecular flexibility index (Phi) is 3.97. The molecule has 2 aromatic carbocycles. The predicted molar refractivity (Wildman–Crippen MR) is 96.3 cm³/mol. The molecule has 2 nitrogen and oxygen atoms in total. The number of hydrogen-bond donors (Lipinski definition) is 1. The summed E-state index contributed by atoms with van der Waals surface area (Å²) in [4.78, 5) is 0. The predicted octanol–water partition coefficient (Wildman–Crippen LogP) is 5.46. The standard InChI is InChI=1S/C18H16Cl3NO/c1-9-4-10(17-14(20)6-11(19)7-15(17)21)5-12-13-8-22-3-2-16(13)23-18(9)12/h4-7,13,16,22H,2-3,8H2,1H3/t13-,16-/m0/s1. The lowest BCUT2D eigenvalue weighted by Crippen LogP contribution is -2.37. The van der Waals surface area contributed by atoms with Crippen molar-refractivity contribution in [3.63, 3.8) is 0 Å². The molecule has 2 aromatic rings. The summed E-state index contributed by atoms with van der Waals surface area (Å²) in [7, 11) is 0. The first-order valence-corrected chi connectivity index (χ1v) is 8.85. The van der Waals surface area contributed by atoms with E-state index >= 15 is 0 Å². The fourth-order valence-electron chi connectivity index (χ4n) is 3.64. The minimum Gasteiger partial charge on any atom is -0.489 e. The topological polar surface area (TPSA) is 21.3 Å². The van der Waals surface area contributed by atoms with E-state index in [1.165, 1.54) is 5.56 Å². The number of ether oxygens (including phenoxy) is 1. The molecule has 2 aliphatic rings. The van der Waals surface area contributed by atoms with Crippen molar-refractivity contribution in [3.05, 3.63) is 50.5 Å². The number of hydrogen-bond acceptors (Lipinski definition) is 2. The van der Waals surface area contributed by atoms with Crippen molar-refractivity contribution >= 4 is 34.8 Å². The Hall–Kier alpha value is -0.930. The third-order valence-electron chi connectivity index (χ3n) is 4.69. The molecule has 0 aliphatic carbocycles. The van der Waals surface area contributed by atoms with Crippen molar-refractivity contribution in [2.24, 2.45) is 0 Å². The summed E-state index contributed by atoms with van der Waals surface area (Å²) in [6.45, 7) is 4.03. The van der Waals surface area contributed by atoms with Gasteiger partial charge in [-0.25, -0.2) is 0 Å². The van der Waals surface area contributed by atoms with Crippen LogP contribution in [0.25, 0.3) is 11.1 Å². The zero-order valence-electron chi connectivity index (χ0n) is 12.6. The Bertz CT molecular complexity index is 767. The maximum absolute atomic E-state index is 6.40. The van der Waals surface area contributed by atoms with E-state index in [2.05, 4.69) is 24.4 Å². The first-order valence-electron chi connectivity index (χ1n) is 7.71. The van der Waals surface area contributed by atoms with Gasteiger partial charge in [-0.15, -0.1) is 0 Å². The normalized spacial score (nSPS) is 22.4. The average molecular weight is 369 g/mol. The van der Waals surface area contributed by atoms with Gasteiger partial charge in [-0.1, -0.05) is 34.8 Å². The van der Waals surface area contributed by atoms with Crippen LogP contribution in [0.5, 0.6) is 5.75 Å². The van der Waals surface area contributed by atoms with Gasteiger partial charge in [0.2, 0.25) is 0 Å². The lowest BCUT2D eigenvalue weighted by molar-refractivity contribution is 0.171. The zero-order valence-corrected chi connectivity index (χ0v) is 14.9. The van der Waals surface area contributed by atoms with Gasteiger partial charge in [0.25, 0.3) is 0 Å². The second-order valence-corrected chi connectivity index (χ2v) is 7.46. The van der Waals surface area contributed by atoms with Gasteiger partial charge in [-0.3, -0.25) is 0 Å². The van der Waals surface area contributed by atoms with Crippen LogP contribution in [0.1, 0.15) is 23.5 Å². The largest absolute Gasteiger partial charge is 0.489 e. The van der Waals surface area contributed by atoms with Gasteiger partial charge in [0, 0.05) is 28.6 Å². The van der Waals surface area contributed by atoms with Gasteiger partial charge in [-0.05, 0) is 55.3 Å². The first kappa shape index (κ1) is 15.6. The van der Waals surface area contributed by atoms with Gasteiger partial charge >= 0.3 is 0 Å². The van der Waals surface area contributed by atoms with Gasteiger partial charge in [0.15, 0.2) is 0 Å². The maximum atomic E-state index is 6.40. The summed E-state index contributed by atoms with van der Waals surface area (Å²) < 4.78 is 6.19. The molecule has 1 fully saturated rings. The first-order chi connectivity index (χ1) is 11.0. The van der Waals surface area contributed by atoms with E-state index in [0.717, 1.165) is 42.0 Å². The Morgan fingerprint density at radius 2 is 1.83 bits per heavy atom. The summed E-state index contributed by atoms with van der Waals surface area (Å²) >= 11 is 18.8. The van der Waals surface area contributed by atoms with E-state index in [4.69, 9.17) is 39.5 Å². The minimum absolute atomic E-state index is 0.274. The van der Waals surface area contributed by atoms with Gasteiger partial charge in [0.05, 0.1) is 10.0 Å². The van der Waals surface area contributed by atoms with Gasteiger partial charge in [-0.2, -0.15) is 0 Å². The number of piperidine rings is 1. The van der Waals surface area contributed by atoms with Crippen LogP contribution >= 0.6 is 34.8 Å². The molecule has 23 heavy (non-hydrogen) atoms. The van der Waals surface area contributed by atoms with Crippen LogP contribution in [0.2, 0.25) is 15.1 Å². The molecule has 120 valence electrons. The van der Waals surface area contributed by atoms with E-state index in [1.54, 1.807) is 12.1 Å². The van der Waals surface area contributed by atoms with Crippen LogP contribution in [0.3, 0.4) is 0 Å². The molecule has 0 radical (unpaired) electrons. The fraction of sp³-hybridized carbons (Fsp3) is 0.333. The van der Waals surface area contributed by atoms with Crippen LogP contribution in [-0.2, 0) is 0 Å². The SMILES string of the molecule is Cc1cc(-c2c(Cl)cc(Cl)cc2Cl)cc2c1O[C@H]1CCNC[C@@H]21. The summed E-state index contributed by atoms with van der Waals surface area (Å²) in [6, 6.07) is 7.72. The van der Waals surface area contributed by atoms with Crippen molar-refractivity contribution in [2.75, 3.05) is 13.1 Å². The summed E-state index contributed by atoms with van der Waals surface area (Å²) in [6.07, 6.45) is 1.31. The molecule has 4 rings (SSSR count). The highest BCUT2D eigenvalue weighted by atomic mass is 35.5. The fourth-order valence-corrected chi connectivity index (χ4v) is 4.67.